The zero-order valence-electron chi connectivity index (χ0n) is 17.9. The van der Waals surface area contributed by atoms with Crippen molar-refractivity contribution in [3.8, 4) is 12.1 Å². The lowest BCUT2D eigenvalue weighted by Gasteiger charge is -2.13. The van der Waals surface area contributed by atoms with Crippen molar-refractivity contribution >= 4 is 9.84 Å². The van der Waals surface area contributed by atoms with E-state index in [9.17, 15) is 18.9 Å². The van der Waals surface area contributed by atoms with Gasteiger partial charge in [0, 0.05) is 0 Å². The topological polar surface area (TPSA) is 81.7 Å². The highest BCUT2D eigenvalue weighted by molar-refractivity contribution is 7.91. The maximum absolute atomic E-state index is 12.4. The highest BCUT2D eigenvalue weighted by Crippen LogP contribution is 2.18. The Morgan fingerprint density at radius 2 is 0.963 bits per heavy atom. The number of rotatable bonds is 16. The molecule has 0 rings (SSSR count). The summed E-state index contributed by atoms with van der Waals surface area (Å²) in [5.74, 6) is 0.285. The molecule has 156 valence electrons. The van der Waals surface area contributed by atoms with E-state index in [0.717, 1.165) is 38.5 Å². The summed E-state index contributed by atoms with van der Waals surface area (Å²) in [5, 5.41) is 18.6. The van der Waals surface area contributed by atoms with Crippen molar-refractivity contribution < 1.29 is 8.42 Å². The highest BCUT2D eigenvalue weighted by Gasteiger charge is 2.23. The van der Waals surface area contributed by atoms with E-state index in [2.05, 4.69) is 39.8 Å². The van der Waals surface area contributed by atoms with Crippen LogP contribution in [0.4, 0.5) is 0 Å². The Morgan fingerprint density at radius 3 is 1.26 bits per heavy atom. The normalized spacial score (nSPS) is 14.1. The molecule has 2 unspecified atom stereocenters. The molecular weight excluding hydrogens is 356 g/mol. The minimum absolute atomic E-state index is 0.0980. The van der Waals surface area contributed by atoms with Gasteiger partial charge in [-0.3, -0.25) is 0 Å². The fraction of sp³-hybridized carbons (Fsp3) is 0.909. The van der Waals surface area contributed by atoms with E-state index in [0.29, 0.717) is 24.7 Å². The van der Waals surface area contributed by atoms with Gasteiger partial charge in [0.2, 0.25) is 0 Å². The minimum Gasteiger partial charge on any atom is -0.229 e. The predicted molar refractivity (Wildman–Crippen MR) is 113 cm³/mol. The Labute approximate surface area is 168 Å². The Morgan fingerprint density at radius 1 is 0.630 bits per heavy atom. The van der Waals surface area contributed by atoms with Gasteiger partial charge in [-0.2, -0.15) is 10.5 Å². The predicted octanol–water partition coefficient (Wildman–Crippen LogP) is 5.89. The van der Waals surface area contributed by atoms with Crippen molar-refractivity contribution in [2.75, 3.05) is 11.5 Å². The summed E-state index contributed by atoms with van der Waals surface area (Å²) in [7, 11) is -3.36. The molecule has 0 bridgehead atoms. The Hall–Kier alpha value is -1.07. The van der Waals surface area contributed by atoms with Gasteiger partial charge >= 0.3 is 0 Å². The summed E-state index contributed by atoms with van der Waals surface area (Å²) in [6, 6.07) is 4.31. The van der Waals surface area contributed by atoms with E-state index in [1.54, 1.807) is 0 Å². The highest BCUT2D eigenvalue weighted by atomic mass is 32.2. The van der Waals surface area contributed by atoms with Crippen molar-refractivity contribution in [3.63, 3.8) is 0 Å². The van der Waals surface area contributed by atoms with Gasteiger partial charge in [-0.15, -0.1) is 0 Å². The molecule has 4 nitrogen and oxygen atoms in total. The van der Waals surface area contributed by atoms with Gasteiger partial charge in [0.05, 0.1) is 35.5 Å². The first-order chi connectivity index (χ1) is 12.7. The fourth-order valence-corrected chi connectivity index (χ4v) is 5.14. The lowest BCUT2D eigenvalue weighted by molar-refractivity contribution is 0.495. The van der Waals surface area contributed by atoms with Gasteiger partial charge in [-0.1, -0.05) is 79.1 Å². The summed E-state index contributed by atoms with van der Waals surface area (Å²) in [5.41, 5.74) is 0. The van der Waals surface area contributed by atoms with Crippen molar-refractivity contribution in [3.05, 3.63) is 0 Å². The van der Waals surface area contributed by atoms with Gasteiger partial charge in [0.15, 0.2) is 9.84 Å². The maximum Gasteiger partial charge on any atom is 0.152 e. The van der Waals surface area contributed by atoms with Gasteiger partial charge in [0.1, 0.15) is 0 Å². The van der Waals surface area contributed by atoms with E-state index >= 15 is 0 Å². The van der Waals surface area contributed by atoms with Gasteiger partial charge < -0.3 is 0 Å². The molecule has 0 heterocycles. The van der Waals surface area contributed by atoms with Crippen LogP contribution in [0.25, 0.3) is 0 Å². The molecule has 0 aromatic rings. The number of unbranched alkanes of at least 4 members (excludes halogenated alkanes) is 4. The van der Waals surface area contributed by atoms with E-state index in [-0.39, 0.29) is 11.5 Å². The van der Waals surface area contributed by atoms with Crippen molar-refractivity contribution in [1.82, 2.24) is 0 Å². The Kier molecular flexibility index (Phi) is 14.3. The third kappa shape index (κ3) is 15.7. The molecule has 0 radical (unpaired) electrons. The molecule has 0 aliphatic rings. The smallest absolute Gasteiger partial charge is 0.152 e. The molecule has 5 heteroatoms. The molecule has 0 aromatic heterocycles. The van der Waals surface area contributed by atoms with Crippen LogP contribution < -0.4 is 0 Å². The van der Waals surface area contributed by atoms with Crippen LogP contribution in [-0.2, 0) is 9.84 Å². The first-order valence-corrected chi connectivity index (χ1v) is 12.5. The molecule has 0 saturated heterocycles. The number of sulfone groups is 1. The van der Waals surface area contributed by atoms with Crippen molar-refractivity contribution in [2.24, 2.45) is 23.7 Å². The molecular formula is C22H40N2O2S. The largest absolute Gasteiger partial charge is 0.229 e. The third-order valence-corrected chi connectivity index (χ3v) is 6.76. The zero-order chi connectivity index (χ0) is 20.7. The standard InChI is InChI=1S/C22H40N2O2S/c1-19(2)11-7-5-9-13-21(15-23)17-27(25,26)18-22(16-24)14-10-6-8-12-20(3)4/h19-22H,5-14,17-18H2,1-4H3. The van der Waals surface area contributed by atoms with Crippen LogP contribution in [-0.4, -0.2) is 19.9 Å². The second-order valence-corrected chi connectivity index (χ2v) is 10.9. The van der Waals surface area contributed by atoms with E-state index < -0.39 is 21.7 Å². The fourth-order valence-electron chi connectivity index (χ4n) is 3.29. The average Bonchev–Trinajstić information content (AvgIpc) is 2.58. The van der Waals surface area contributed by atoms with Crippen LogP contribution in [0.3, 0.4) is 0 Å². The summed E-state index contributed by atoms with van der Waals surface area (Å²) >= 11 is 0. The molecule has 2 atom stereocenters. The first-order valence-electron chi connectivity index (χ1n) is 10.7. The molecule has 0 aliphatic carbocycles. The maximum atomic E-state index is 12.4. The molecule has 0 spiro atoms. The molecule has 0 aliphatic heterocycles. The van der Waals surface area contributed by atoms with Gasteiger partial charge in [-0.05, 0) is 24.7 Å². The summed E-state index contributed by atoms with van der Waals surface area (Å²) in [6.07, 6.45) is 9.80. The van der Waals surface area contributed by atoms with Gasteiger partial charge in [0.25, 0.3) is 0 Å². The lowest BCUT2D eigenvalue weighted by atomic mass is 10.0. The third-order valence-electron chi connectivity index (χ3n) is 4.94. The van der Waals surface area contributed by atoms with Crippen LogP contribution in [0, 0.1) is 46.3 Å². The van der Waals surface area contributed by atoms with Crippen molar-refractivity contribution in [1.29, 1.82) is 10.5 Å². The number of hydrogen-bond acceptors (Lipinski definition) is 4. The van der Waals surface area contributed by atoms with Crippen molar-refractivity contribution in [2.45, 2.75) is 91.9 Å². The van der Waals surface area contributed by atoms with E-state index in [4.69, 9.17) is 0 Å². The summed E-state index contributed by atoms with van der Waals surface area (Å²) in [4.78, 5) is 0. The molecule has 0 fully saturated rings. The summed E-state index contributed by atoms with van der Waals surface area (Å²) < 4.78 is 24.8. The van der Waals surface area contributed by atoms with E-state index in [1.807, 2.05) is 0 Å². The first kappa shape index (κ1) is 25.9. The molecule has 0 N–H and O–H groups in total. The summed E-state index contributed by atoms with van der Waals surface area (Å²) in [6.45, 7) is 8.78. The average molecular weight is 397 g/mol. The van der Waals surface area contributed by atoms with Crippen LogP contribution in [0.2, 0.25) is 0 Å². The SMILES string of the molecule is CC(C)CCCCCC(C#N)CS(=O)(=O)CC(C#N)CCCCCC(C)C. The van der Waals surface area contributed by atoms with Crippen LogP contribution >= 0.6 is 0 Å². The van der Waals surface area contributed by atoms with Gasteiger partial charge in [-0.25, -0.2) is 8.42 Å². The van der Waals surface area contributed by atoms with Crippen LogP contribution in [0.1, 0.15) is 91.9 Å². The lowest BCUT2D eigenvalue weighted by Crippen LogP contribution is -2.22. The van der Waals surface area contributed by atoms with E-state index in [1.165, 1.54) is 12.8 Å². The Balaban J connectivity index is 4.24. The quantitative estimate of drug-likeness (QED) is 0.304. The van der Waals surface area contributed by atoms with Crippen LogP contribution in [0.5, 0.6) is 0 Å². The molecule has 0 amide bonds. The molecule has 0 saturated carbocycles. The zero-order valence-corrected chi connectivity index (χ0v) is 18.7. The number of nitrogens with zero attached hydrogens (tertiary/aromatic N) is 2. The van der Waals surface area contributed by atoms with Crippen LogP contribution in [0.15, 0.2) is 0 Å². The monoisotopic (exact) mass is 396 g/mol. The number of hydrogen-bond donors (Lipinski definition) is 0. The minimum atomic E-state index is -3.36. The molecule has 27 heavy (non-hydrogen) atoms. The second kappa shape index (κ2) is 14.9. The second-order valence-electron chi connectivity index (χ2n) is 8.79. The Bertz CT molecular complexity index is 512. The number of nitriles is 2. The molecule has 0 aromatic carbocycles.